The summed E-state index contributed by atoms with van der Waals surface area (Å²) in [5.74, 6) is -5.19. The Morgan fingerprint density at radius 3 is 2.43 bits per heavy atom. The number of rotatable bonds is 3. The molecule has 0 heterocycles. The number of phenolic OH excluding ortho intramolecular Hbond substituents is 1. The van der Waals surface area contributed by atoms with Crippen LogP contribution < -0.4 is 5.73 Å². The van der Waals surface area contributed by atoms with E-state index in [1.807, 2.05) is 0 Å². The molecule has 0 atom stereocenters. The van der Waals surface area contributed by atoms with E-state index in [9.17, 15) is 13.2 Å². The molecule has 0 aliphatic rings. The zero-order valence-corrected chi connectivity index (χ0v) is 7.36. The third kappa shape index (κ3) is 1.98. The molecule has 0 unspecified atom stereocenters. The van der Waals surface area contributed by atoms with Crippen LogP contribution in [0, 0.1) is 17.5 Å². The van der Waals surface area contributed by atoms with Gasteiger partial charge >= 0.3 is 0 Å². The van der Waals surface area contributed by atoms with Crippen LogP contribution in [0.5, 0.6) is 5.75 Å². The summed E-state index contributed by atoms with van der Waals surface area (Å²) >= 11 is 0. The molecule has 14 heavy (non-hydrogen) atoms. The zero-order chi connectivity index (χ0) is 10.7. The Bertz CT molecular complexity index is 341. The molecule has 0 saturated carbocycles. The summed E-state index contributed by atoms with van der Waals surface area (Å²) in [4.78, 5) is 0. The van der Waals surface area contributed by atoms with Crippen LogP contribution in [-0.2, 0) is 6.42 Å². The van der Waals surface area contributed by atoms with Crippen molar-refractivity contribution in [2.75, 3.05) is 6.54 Å². The van der Waals surface area contributed by atoms with E-state index >= 15 is 0 Å². The second-order valence-corrected chi connectivity index (χ2v) is 2.89. The van der Waals surface area contributed by atoms with Crippen molar-refractivity contribution in [1.29, 1.82) is 0 Å². The highest BCUT2D eigenvalue weighted by Gasteiger charge is 2.17. The normalized spacial score (nSPS) is 10.6. The Balaban J connectivity index is 3.06. The first-order valence-electron chi connectivity index (χ1n) is 4.13. The number of aromatic hydroxyl groups is 1. The van der Waals surface area contributed by atoms with Crippen LogP contribution in [0.4, 0.5) is 13.2 Å². The smallest absolute Gasteiger partial charge is 0.203 e. The minimum Gasteiger partial charge on any atom is -0.503 e. The second-order valence-electron chi connectivity index (χ2n) is 2.89. The summed E-state index contributed by atoms with van der Waals surface area (Å²) in [6.07, 6.45) is 0.620. The minimum absolute atomic E-state index is 0.0631. The molecule has 1 rings (SSSR count). The molecule has 0 amide bonds. The highest BCUT2D eigenvalue weighted by Crippen LogP contribution is 2.26. The number of halogens is 3. The Morgan fingerprint density at radius 2 is 1.86 bits per heavy atom. The van der Waals surface area contributed by atoms with Gasteiger partial charge in [-0.05, 0) is 31.0 Å². The van der Waals surface area contributed by atoms with Crippen molar-refractivity contribution in [2.45, 2.75) is 12.8 Å². The molecule has 0 aromatic heterocycles. The molecule has 0 aliphatic heterocycles. The molecule has 1 aromatic carbocycles. The van der Waals surface area contributed by atoms with Gasteiger partial charge in [0.25, 0.3) is 0 Å². The lowest BCUT2D eigenvalue weighted by Gasteiger charge is -2.05. The molecule has 0 radical (unpaired) electrons. The molecule has 5 heteroatoms. The Hall–Kier alpha value is -1.23. The van der Waals surface area contributed by atoms with Gasteiger partial charge < -0.3 is 10.8 Å². The summed E-state index contributed by atoms with van der Waals surface area (Å²) < 4.78 is 38.4. The molecule has 0 bridgehead atoms. The average molecular weight is 205 g/mol. The summed E-state index contributed by atoms with van der Waals surface area (Å²) in [6.45, 7) is 0.319. The van der Waals surface area contributed by atoms with Crippen LogP contribution in [0.25, 0.3) is 0 Å². The van der Waals surface area contributed by atoms with Crippen LogP contribution in [0.2, 0.25) is 0 Å². The number of aryl methyl sites for hydroxylation is 1. The topological polar surface area (TPSA) is 46.2 Å². The maximum absolute atomic E-state index is 13.1. The minimum atomic E-state index is -1.56. The molecular formula is C9H10F3NO. The van der Waals surface area contributed by atoms with E-state index < -0.39 is 23.2 Å². The lowest BCUT2D eigenvalue weighted by molar-refractivity contribution is 0.372. The van der Waals surface area contributed by atoms with Crippen molar-refractivity contribution < 1.29 is 18.3 Å². The number of benzene rings is 1. The summed E-state index contributed by atoms with van der Waals surface area (Å²) in [7, 11) is 0. The van der Waals surface area contributed by atoms with Gasteiger partial charge in [-0.25, -0.2) is 8.78 Å². The quantitative estimate of drug-likeness (QED) is 0.738. The highest BCUT2D eigenvalue weighted by molar-refractivity contribution is 5.32. The first-order valence-corrected chi connectivity index (χ1v) is 4.13. The SMILES string of the molecule is NCCCc1cc(F)c(F)c(O)c1F. The fourth-order valence-corrected chi connectivity index (χ4v) is 1.12. The van der Waals surface area contributed by atoms with E-state index in [0.717, 1.165) is 6.07 Å². The zero-order valence-electron chi connectivity index (χ0n) is 7.36. The maximum Gasteiger partial charge on any atom is 0.203 e. The maximum atomic E-state index is 13.1. The van der Waals surface area contributed by atoms with Crippen molar-refractivity contribution in [1.82, 2.24) is 0 Å². The third-order valence-electron chi connectivity index (χ3n) is 1.86. The predicted molar refractivity (Wildman–Crippen MR) is 45.4 cm³/mol. The van der Waals surface area contributed by atoms with Crippen LogP contribution >= 0.6 is 0 Å². The molecular weight excluding hydrogens is 195 g/mol. The van der Waals surface area contributed by atoms with Gasteiger partial charge in [0.05, 0.1) is 0 Å². The third-order valence-corrected chi connectivity index (χ3v) is 1.86. The highest BCUT2D eigenvalue weighted by atomic mass is 19.2. The molecule has 78 valence electrons. The second kappa shape index (κ2) is 4.32. The van der Waals surface area contributed by atoms with Gasteiger partial charge in [-0.2, -0.15) is 4.39 Å². The van der Waals surface area contributed by atoms with Crippen molar-refractivity contribution in [2.24, 2.45) is 5.73 Å². The number of phenols is 1. The average Bonchev–Trinajstić information content (AvgIpc) is 2.18. The molecule has 0 fully saturated rings. The summed E-state index contributed by atoms with van der Waals surface area (Å²) in [5.41, 5.74) is 5.12. The molecule has 0 spiro atoms. The van der Waals surface area contributed by atoms with Crippen molar-refractivity contribution >= 4 is 0 Å². The van der Waals surface area contributed by atoms with E-state index in [1.54, 1.807) is 0 Å². The standard InChI is InChI=1S/C9H10F3NO/c10-6-4-5(2-1-3-13)7(11)9(14)8(6)12/h4,14H,1-3,13H2. The molecule has 0 aliphatic carbocycles. The lowest BCUT2D eigenvalue weighted by atomic mass is 10.1. The summed E-state index contributed by atoms with van der Waals surface area (Å²) in [6, 6.07) is 0.736. The van der Waals surface area contributed by atoms with E-state index in [2.05, 4.69) is 0 Å². The molecule has 2 nitrogen and oxygen atoms in total. The van der Waals surface area contributed by atoms with Gasteiger partial charge in [0.1, 0.15) is 0 Å². The van der Waals surface area contributed by atoms with Crippen molar-refractivity contribution in [3.63, 3.8) is 0 Å². The Labute approximate surface area is 79.2 Å². The largest absolute Gasteiger partial charge is 0.503 e. The Kier molecular flexibility index (Phi) is 3.35. The van der Waals surface area contributed by atoms with Crippen LogP contribution in [-0.4, -0.2) is 11.7 Å². The van der Waals surface area contributed by atoms with Crippen molar-refractivity contribution in [3.05, 3.63) is 29.1 Å². The number of hydrogen-bond acceptors (Lipinski definition) is 2. The van der Waals surface area contributed by atoms with Crippen LogP contribution in [0.15, 0.2) is 6.07 Å². The van der Waals surface area contributed by atoms with Gasteiger partial charge in [0.15, 0.2) is 17.4 Å². The Morgan fingerprint density at radius 1 is 1.21 bits per heavy atom. The van der Waals surface area contributed by atoms with E-state index in [4.69, 9.17) is 10.8 Å². The first kappa shape index (κ1) is 10.8. The number of nitrogens with two attached hydrogens (primary N) is 1. The van der Waals surface area contributed by atoms with Gasteiger partial charge in [-0.1, -0.05) is 0 Å². The van der Waals surface area contributed by atoms with Gasteiger partial charge in [0.2, 0.25) is 5.82 Å². The van der Waals surface area contributed by atoms with Crippen LogP contribution in [0.3, 0.4) is 0 Å². The van der Waals surface area contributed by atoms with E-state index in [1.165, 1.54) is 0 Å². The van der Waals surface area contributed by atoms with Gasteiger partial charge in [0, 0.05) is 0 Å². The van der Waals surface area contributed by atoms with Gasteiger partial charge in [-0.15, -0.1) is 0 Å². The lowest BCUT2D eigenvalue weighted by Crippen LogP contribution is -2.03. The molecule has 1 aromatic rings. The molecule has 0 saturated heterocycles. The van der Waals surface area contributed by atoms with Crippen molar-refractivity contribution in [3.8, 4) is 5.75 Å². The predicted octanol–water partition coefficient (Wildman–Crippen LogP) is 1.70. The van der Waals surface area contributed by atoms with E-state index in [-0.39, 0.29) is 12.0 Å². The van der Waals surface area contributed by atoms with Crippen LogP contribution in [0.1, 0.15) is 12.0 Å². The monoisotopic (exact) mass is 205 g/mol. The molecule has 3 N–H and O–H groups in total. The summed E-state index contributed by atoms with van der Waals surface area (Å²) in [5, 5.41) is 8.85. The fourth-order valence-electron chi connectivity index (χ4n) is 1.12. The fraction of sp³-hybridized carbons (Fsp3) is 0.333. The van der Waals surface area contributed by atoms with E-state index in [0.29, 0.717) is 13.0 Å². The number of hydrogen-bond donors (Lipinski definition) is 2. The van der Waals surface area contributed by atoms with Gasteiger partial charge in [-0.3, -0.25) is 0 Å². The first-order chi connectivity index (χ1) is 6.57.